The Kier molecular flexibility index (Phi) is 4.30. The van der Waals surface area contributed by atoms with Gasteiger partial charge in [-0.3, -0.25) is 0 Å². The van der Waals surface area contributed by atoms with Crippen molar-refractivity contribution in [2.45, 2.75) is 38.9 Å². The first-order valence-electron chi connectivity index (χ1n) is 9.37. The van der Waals surface area contributed by atoms with E-state index in [2.05, 4.69) is 72.3 Å². The van der Waals surface area contributed by atoms with Gasteiger partial charge in [0.05, 0.1) is 6.54 Å². The highest BCUT2D eigenvalue weighted by Crippen LogP contribution is 2.28. The van der Waals surface area contributed by atoms with Crippen molar-refractivity contribution in [1.29, 1.82) is 0 Å². The van der Waals surface area contributed by atoms with Crippen molar-refractivity contribution in [3.05, 3.63) is 48.5 Å². The molecule has 0 aliphatic carbocycles. The van der Waals surface area contributed by atoms with Crippen LogP contribution in [0, 0.1) is 0 Å². The molecule has 0 bridgehead atoms. The van der Waals surface area contributed by atoms with Crippen LogP contribution < -0.4 is 10.2 Å². The molecule has 0 radical (unpaired) electrons. The van der Waals surface area contributed by atoms with Crippen LogP contribution >= 0.6 is 0 Å². The van der Waals surface area contributed by atoms with E-state index in [9.17, 15) is 0 Å². The van der Waals surface area contributed by atoms with Crippen LogP contribution in [0.4, 0.5) is 0 Å². The first-order valence-corrected chi connectivity index (χ1v) is 9.37. The second-order valence-electron chi connectivity index (χ2n) is 7.59. The number of piperazine rings is 1. The van der Waals surface area contributed by atoms with E-state index in [0.29, 0.717) is 0 Å². The maximum atomic E-state index is 2.52. The molecule has 3 atom stereocenters. The Hall–Kier alpha value is -1.84. The summed E-state index contributed by atoms with van der Waals surface area (Å²) in [4.78, 5) is 1.78. The summed E-state index contributed by atoms with van der Waals surface area (Å²) in [6.07, 6.45) is 1.25. The van der Waals surface area contributed by atoms with E-state index in [1.165, 1.54) is 47.9 Å². The first-order chi connectivity index (χ1) is 11.7. The molecule has 1 aliphatic rings. The zero-order valence-electron chi connectivity index (χ0n) is 14.8. The van der Waals surface area contributed by atoms with E-state index in [1.807, 2.05) is 0 Å². The smallest absolute Gasteiger partial charge is 0.133 e. The molecular formula is C21H29N3+2. The van der Waals surface area contributed by atoms with Crippen LogP contribution in [0.15, 0.2) is 48.5 Å². The molecule has 3 nitrogen and oxygen atoms in total. The van der Waals surface area contributed by atoms with Crippen molar-refractivity contribution in [2.75, 3.05) is 19.6 Å². The summed E-state index contributed by atoms with van der Waals surface area (Å²) in [5.74, 6) is 0. The quantitative estimate of drug-likeness (QED) is 0.726. The number of rotatable bonds is 4. The van der Waals surface area contributed by atoms with Gasteiger partial charge in [-0.05, 0) is 26.0 Å². The van der Waals surface area contributed by atoms with Crippen molar-refractivity contribution in [1.82, 2.24) is 4.57 Å². The van der Waals surface area contributed by atoms with Gasteiger partial charge in [0.15, 0.2) is 0 Å². The van der Waals surface area contributed by atoms with Gasteiger partial charge in [-0.2, -0.15) is 0 Å². The van der Waals surface area contributed by atoms with E-state index >= 15 is 0 Å². The molecule has 3 N–H and O–H groups in total. The molecule has 24 heavy (non-hydrogen) atoms. The second-order valence-corrected chi connectivity index (χ2v) is 7.59. The van der Waals surface area contributed by atoms with Crippen LogP contribution in [0.25, 0.3) is 21.8 Å². The van der Waals surface area contributed by atoms with Crippen molar-refractivity contribution in [2.24, 2.45) is 0 Å². The van der Waals surface area contributed by atoms with Crippen LogP contribution in [-0.2, 0) is 6.54 Å². The molecule has 1 aliphatic heterocycles. The van der Waals surface area contributed by atoms with Gasteiger partial charge < -0.3 is 14.8 Å². The van der Waals surface area contributed by atoms with Gasteiger partial charge in [0.1, 0.15) is 25.2 Å². The third kappa shape index (κ3) is 2.94. The normalized spacial score (nSPS) is 24.7. The molecule has 1 aromatic heterocycles. The van der Waals surface area contributed by atoms with Gasteiger partial charge in [0.25, 0.3) is 0 Å². The molecule has 1 saturated heterocycles. The van der Waals surface area contributed by atoms with Crippen LogP contribution in [-0.4, -0.2) is 36.3 Å². The predicted octanol–water partition coefficient (Wildman–Crippen LogP) is 1.42. The van der Waals surface area contributed by atoms with Crippen molar-refractivity contribution in [3.63, 3.8) is 0 Å². The largest absolute Gasteiger partial charge is 0.340 e. The summed E-state index contributed by atoms with van der Waals surface area (Å²) in [6.45, 7) is 9.73. The third-order valence-corrected chi connectivity index (χ3v) is 5.47. The summed E-state index contributed by atoms with van der Waals surface area (Å²) in [5.41, 5.74) is 2.75. The molecule has 3 aromatic rings. The number of quaternary nitrogens is 2. The second kappa shape index (κ2) is 6.58. The third-order valence-electron chi connectivity index (χ3n) is 5.47. The minimum absolute atomic E-state index is 0.761. The first kappa shape index (κ1) is 15.7. The fourth-order valence-electron chi connectivity index (χ4n) is 4.63. The molecular weight excluding hydrogens is 294 g/mol. The minimum Gasteiger partial charge on any atom is -0.340 e. The lowest BCUT2D eigenvalue weighted by molar-refractivity contribution is -0.966. The number of hydrogen-bond acceptors (Lipinski definition) is 0. The lowest BCUT2D eigenvalue weighted by Crippen LogP contribution is -3.23. The van der Waals surface area contributed by atoms with E-state index in [0.717, 1.165) is 18.6 Å². The van der Waals surface area contributed by atoms with Gasteiger partial charge in [-0.25, -0.2) is 0 Å². The zero-order valence-corrected chi connectivity index (χ0v) is 14.8. The SMILES string of the molecule is C[C@@H]1C[NH+](CCCn2c3ccccc3c3ccccc32)C[C@H](C)[NH2+]1. The fourth-order valence-corrected chi connectivity index (χ4v) is 4.63. The topological polar surface area (TPSA) is 26.0 Å². The molecule has 2 aromatic carbocycles. The molecule has 0 saturated carbocycles. The van der Waals surface area contributed by atoms with E-state index < -0.39 is 0 Å². The molecule has 2 heterocycles. The average Bonchev–Trinajstić information content (AvgIpc) is 2.89. The number of nitrogens with one attached hydrogen (secondary N) is 1. The average molecular weight is 323 g/mol. The number of fused-ring (bicyclic) bond motifs is 3. The Bertz CT molecular complexity index is 772. The van der Waals surface area contributed by atoms with Gasteiger partial charge in [0, 0.05) is 34.8 Å². The Labute approximate surface area is 144 Å². The number of nitrogens with two attached hydrogens (primary N) is 1. The van der Waals surface area contributed by atoms with Crippen LogP contribution in [0.1, 0.15) is 20.3 Å². The number of hydrogen-bond donors (Lipinski definition) is 2. The molecule has 0 amide bonds. The summed E-state index contributed by atoms with van der Waals surface area (Å²) < 4.78 is 2.52. The van der Waals surface area contributed by atoms with Gasteiger partial charge in [0.2, 0.25) is 0 Å². The summed E-state index contributed by atoms with van der Waals surface area (Å²) in [5, 5.41) is 5.29. The number of aryl methyl sites for hydroxylation is 1. The number of para-hydroxylation sites is 2. The lowest BCUT2D eigenvalue weighted by Gasteiger charge is -2.30. The standard InChI is InChI=1S/C21H27N3/c1-16-14-23(15-17(2)22-16)12-7-13-24-20-10-5-3-8-18(20)19-9-4-6-11-21(19)24/h3-6,8-11,16-17,22H,7,12-15H2,1-2H3/p+2/t16-,17+. The molecule has 4 rings (SSSR count). The summed E-state index contributed by atoms with van der Waals surface area (Å²) >= 11 is 0. The Morgan fingerprint density at radius 3 is 2.04 bits per heavy atom. The predicted molar refractivity (Wildman–Crippen MR) is 100 cm³/mol. The summed E-state index contributed by atoms with van der Waals surface area (Å²) in [6, 6.07) is 19.2. The van der Waals surface area contributed by atoms with Gasteiger partial charge in [-0.15, -0.1) is 0 Å². The van der Waals surface area contributed by atoms with Crippen LogP contribution in [0.5, 0.6) is 0 Å². The Morgan fingerprint density at radius 1 is 0.917 bits per heavy atom. The highest BCUT2D eigenvalue weighted by atomic mass is 15.2. The Balaban J connectivity index is 1.54. The highest BCUT2D eigenvalue weighted by Gasteiger charge is 2.27. The summed E-state index contributed by atoms with van der Waals surface area (Å²) in [7, 11) is 0. The van der Waals surface area contributed by atoms with Crippen molar-refractivity contribution < 1.29 is 10.2 Å². The minimum atomic E-state index is 0.761. The fraction of sp³-hybridized carbons (Fsp3) is 0.429. The molecule has 0 spiro atoms. The highest BCUT2D eigenvalue weighted by molar-refractivity contribution is 6.07. The van der Waals surface area contributed by atoms with E-state index in [1.54, 1.807) is 4.90 Å². The maximum Gasteiger partial charge on any atom is 0.133 e. The molecule has 1 unspecified atom stereocenters. The van der Waals surface area contributed by atoms with Crippen molar-refractivity contribution >= 4 is 21.8 Å². The maximum absolute atomic E-state index is 2.52. The van der Waals surface area contributed by atoms with Gasteiger partial charge in [-0.1, -0.05) is 36.4 Å². The molecule has 1 fully saturated rings. The molecule has 3 heteroatoms. The van der Waals surface area contributed by atoms with Crippen LogP contribution in [0.3, 0.4) is 0 Å². The zero-order chi connectivity index (χ0) is 16.5. The lowest BCUT2D eigenvalue weighted by atomic mass is 10.1. The van der Waals surface area contributed by atoms with E-state index in [-0.39, 0.29) is 0 Å². The van der Waals surface area contributed by atoms with Gasteiger partial charge >= 0.3 is 0 Å². The number of benzene rings is 2. The van der Waals surface area contributed by atoms with Crippen molar-refractivity contribution in [3.8, 4) is 0 Å². The Morgan fingerprint density at radius 2 is 1.46 bits per heavy atom. The number of aromatic nitrogens is 1. The number of nitrogens with zero attached hydrogens (tertiary/aromatic N) is 1. The monoisotopic (exact) mass is 323 g/mol. The van der Waals surface area contributed by atoms with E-state index in [4.69, 9.17) is 0 Å². The van der Waals surface area contributed by atoms with Crippen LogP contribution in [0.2, 0.25) is 0 Å². The molecule has 126 valence electrons.